The number of carbonyl (C=O) groups excluding carboxylic acids is 1. The number of alkyl halides is 3. The monoisotopic (exact) mass is 613 g/mol. The van der Waals surface area contributed by atoms with Gasteiger partial charge in [0.25, 0.3) is 5.56 Å². The maximum Gasteiger partial charge on any atom is 0.422 e. The molecule has 41 heavy (non-hydrogen) atoms. The van der Waals surface area contributed by atoms with E-state index in [1.807, 2.05) is 0 Å². The minimum Gasteiger partial charge on any atom is -0.495 e. The summed E-state index contributed by atoms with van der Waals surface area (Å²) in [7, 11) is 1.33. The average molecular weight is 614 g/mol. The summed E-state index contributed by atoms with van der Waals surface area (Å²) in [5, 5.41) is 9.44. The molecule has 3 aromatic rings. The first kappa shape index (κ1) is 30.6. The molecule has 1 unspecified atom stereocenters. The van der Waals surface area contributed by atoms with E-state index < -0.39 is 30.4 Å². The zero-order valence-electron chi connectivity index (χ0n) is 21.9. The van der Waals surface area contributed by atoms with Gasteiger partial charge >= 0.3 is 12.1 Å². The molecule has 8 nitrogen and oxygen atoms in total. The van der Waals surface area contributed by atoms with Crippen LogP contribution in [0, 0.1) is 0 Å². The summed E-state index contributed by atoms with van der Waals surface area (Å²) >= 11 is 7.10. The number of aromatic nitrogens is 1. The Morgan fingerprint density at radius 3 is 2.56 bits per heavy atom. The number of pyridine rings is 1. The molecule has 13 heteroatoms. The Morgan fingerprint density at radius 2 is 1.93 bits per heavy atom. The van der Waals surface area contributed by atoms with Gasteiger partial charge in [-0.1, -0.05) is 11.6 Å². The highest BCUT2D eigenvalue weighted by Gasteiger charge is 2.31. The summed E-state index contributed by atoms with van der Waals surface area (Å²) in [5.41, 5.74) is -0.354. The quantitative estimate of drug-likeness (QED) is 0.275. The lowest BCUT2D eigenvalue weighted by Gasteiger charge is -2.28. The molecule has 0 radical (unpaired) electrons. The molecule has 1 N–H and O–H groups in total. The number of rotatable bonds is 11. The number of ketones is 1. The number of halogens is 4. The van der Waals surface area contributed by atoms with Crippen LogP contribution in [-0.4, -0.2) is 54.0 Å². The van der Waals surface area contributed by atoms with Gasteiger partial charge in [0.2, 0.25) is 0 Å². The Labute approximate surface area is 242 Å². The maximum atomic E-state index is 13.6. The fourth-order valence-corrected chi connectivity index (χ4v) is 5.69. The molecular weight excluding hydrogens is 587 g/mol. The molecule has 220 valence electrons. The minimum atomic E-state index is -4.59. The molecule has 2 atom stereocenters. The highest BCUT2D eigenvalue weighted by atomic mass is 35.5. The number of ether oxygens (including phenoxy) is 3. The van der Waals surface area contributed by atoms with Crippen molar-refractivity contribution in [2.75, 3.05) is 20.3 Å². The number of carbonyl (C=O) groups is 2. The third-order valence-electron chi connectivity index (χ3n) is 6.58. The Bertz CT molecular complexity index is 1460. The maximum absolute atomic E-state index is 13.6. The van der Waals surface area contributed by atoms with Gasteiger partial charge in [-0.05, 0) is 49.6 Å². The number of Topliss-reactive ketones (excluding diaryl/α,β-unsaturated/α-hetero) is 1. The number of aromatic carboxylic acids is 1. The summed E-state index contributed by atoms with van der Waals surface area (Å²) in [6.45, 7) is -1.02. The average Bonchev–Trinajstić information content (AvgIpc) is 3.40. The van der Waals surface area contributed by atoms with Crippen molar-refractivity contribution in [2.45, 2.75) is 50.4 Å². The van der Waals surface area contributed by atoms with Crippen molar-refractivity contribution in [1.82, 2.24) is 4.57 Å². The summed E-state index contributed by atoms with van der Waals surface area (Å²) in [6.07, 6.45) is -0.914. The van der Waals surface area contributed by atoms with Gasteiger partial charge in [0.05, 0.1) is 25.5 Å². The molecule has 0 aliphatic carbocycles. The van der Waals surface area contributed by atoms with Gasteiger partial charge in [-0.3, -0.25) is 9.59 Å². The van der Waals surface area contributed by atoms with Crippen molar-refractivity contribution in [3.63, 3.8) is 0 Å². The van der Waals surface area contributed by atoms with Crippen LogP contribution in [0.2, 0.25) is 5.02 Å². The molecule has 0 saturated carbocycles. The number of hydrogen-bond acceptors (Lipinski definition) is 7. The molecule has 1 saturated heterocycles. The molecule has 0 spiro atoms. The van der Waals surface area contributed by atoms with Gasteiger partial charge in [0, 0.05) is 46.5 Å². The highest BCUT2D eigenvalue weighted by molar-refractivity contribution is 7.14. The molecule has 1 aliphatic rings. The third-order valence-corrected chi connectivity index (χ3v) is 7.88. The van der Waals surface area contributed by atoms with E-state index in [1.54, 1.807) is 6.07 Å². The number of hydrogen-bond donors (Lipinski definition) is 1. The van der Waals surface area contributed by atoms with Crippen molar-refractivity contribution in [3.8, 4) is 22.6 Å². The van der Waals surface area contributed by atoms with E-state index in [2.05, 4.69) is 0 Å². The second-order valence-corrected chi connectivity index (χ2v) is 11.1. The summed E-state index contributed by atoms with van der Waals surface area (Å²) in [5.74, 6) is -1.48. The zero-order valence-corrected chi connectivity index (χ0v) is 23.5. The van der Waals surface area contributed by atoms with E-state index in [-0.39, 0.29) is 57.3 Å². The Balaban J connectivity index is 1.73. The van der Waals surface area contributed by atoms with E-state index in [0.717, 1.165) is 24.2 Å². The number of benzene rings is 1. The molecule has 3 heterocycles. The largest absolute Gasteiger partial charge is 0.495 e. The minimum absolute atomic E-state index is 0.0909. The lowest BCUT2D eigenvalue weighted by molar-refractivity contribution is -0.153. The number of carboxylic acid groups (broad SMARTS) is 1. The smallest absolute Gasteiger partial charge is 0.422 e. The number of nitrogens with zero attached hydrogens (tertiary/aromatic N) is 1. The van der Waals surface area contributed by atoms with Crippen LogP contribution >= 0.6 is 22.9 Å². The zero-order chi connectivity index (χ0) is 29.7. The molecule has 2 aromatic heterocycles. The molecule has 1 aliphatic heterocycles. The van der Waals surface area contributed by atoms with Gasteiger partial charge in [0.1, 0.15) is 16.4 Å². The van der Waals surface area contributed by atoms with Gasteiger partial charge in [-0.15, -0.1) is 11.3 Å². The van der Waals surface area contributed by atoms with E-state index in [4.69, 9.17) is 25.8 Å². The summed E-state index contributed by atoms with van der Waals surface area (Å²) in [4.78, 5) is 39.0. The van der Waals surface area contributed by atoms with Crippen molar-refractivity contribution >= 4 is 34.7 Å². The molecule has 4 rings (SSSR count). The van der Waals surface area contributed by atoms with E-state index in [1.165, 1.54) is 48.2 Å². The Morgan fingerprint density at radius 1 is 1.17 bits per heavy atom. The van der Waals surface area contributed by atoms with E-state index in [0.29, 0.717) is 17.9 Å². The SMILES string of the molecule is COc1cn(C(C[C@@H]2CCCCO2)C(=O)Cc2ccc(C(=O)O)s2)c(=O)cc1-c1cc(Cl)ccc1OCC(F)(F)F. The topological polar surface area (TPSA) is 104 Å². The fraction of sp³-hybridized carbons (Fsp3) is 0.393. The second-order valence-electron chi connectivity index (χ2n) is 9.50. The van der Waals surface area contributed by atoms with Crippen molar-refractivity contribution < 1.29 is 42.1 Å². The molecule has 1 aromatic carbocycles. The molecule has 1 fully saturated rings. The number of thiophene rings is 1. The van der Waals surface area contributed by atoms with Gasteiger partial charge in [-0.25, -0.2) is 4.79 Å². The van der Waals surface area contributed by atoms with Gasteiger partial charge in [0.15, 0.2) is 12.4 Å². The van der Waals surface area contributed by atoms with Crippen molar-refractivity contribution in [1.29, 1.82) is 0 Å². The standard InChI is InChI=1S/C28H27ClF3NO7S/c1-38-24-14-33(26(35)13-20(24)19-10-16(29)5-7-23(19)40-15-28(30,31)32)21(11-17-4-2-3-9-39-17)22(34)12-18-6-8-25(41-18)27(36)37/h5-8,10,13-14,17,21H,2-4,9,11-12,15H2,1H3,(H,36,37)/t17-,21?/m0/s1. The van der Waals surface area contributed by atoms with Crippen LogP contribution in [0.15, 0.2) is 47.4 Å². The molecular formula is C28H27ClF3NO7S. The van der Waals surface area contributed by atoms with Crippen LogP contribution in [0.1, 0.15) is 46.3 Å². The first-order chi connectivity index (χ1) is 19.4. The second kappa shape index (κ2) is 13.1. The van der Waals surface area contributed by atoms with Gasteiger partial charge < -0.3 is 23.9 Å². The fourth-order valence-electron chi connectivity index (χ4n) is 4.66. The van der Waals surface area contributed by atoms with Crippen molar-refractivity contribution in [3.05, 3.63) is 67.7 Å². The van der Waals surface area contributed by atoms with Gasteiger partial charge in [-0.2, -0.15) is 13.2 Å². The lowest BCUT2D eigenvalue weighted by Crippen LogP contribution is -2.34. The highest BCUT2D eigenvalue weighted by Crippen LogP contribution is 2.38. The molecule has 0 amide bonds. The first-order valence-corrected chi connectivity index (χ1v) is 13.9. The Kier molecular flexibility index (Phi) is 9.77. The third kappa shape index (κ3) is 7.90. The number of methoxy groups -OCH3 is 1. The van der Waals surface area contributed by atoms with Crippen molar-refractivity contribution in [2.24, 2.45) is 0 Å². The summed E-state index contributed by atoms with van der Waals surface area (Å²) in [6, 6.07) is 7.18. The van der Waals surface area contributed by atoms with Crippen LogP contribution in [0.5, 0.6) is 11.5 Å². The van der Waals surface area contributed by atoms with Crippen LogP contribution in [0.25, 0.3) is 11.1 Å². The van der Waals surface area contributed by atoms with Crippen LogP contribution in [-0.2, 0) is 16.0 Å². The number of carboxylic acids is 1. The predicted octanol–water partition coefficient (Wildman–Crippen LogP) is 6.19. The van der Waals surface area contributed by atoms with Crippen LogP contribution in [0.3, 0.4) is 0 Å². The predicted molar refractivity (Wildman–Crippen MR) is 146 cm³/mol. The summed E-state index contributed by atoms with van der Waals surface area (Å²) < 4.78 is 56.2. The molecule has 0 bridgehead atoms. The van der Waals surface area contributed by atoms with E-state index >= 15 is 0 Å². The van der Waals surface area contributed by atoms with E-state index in [9.17, 15) is 32.7 Å². The Hall–Kier alpha value is -3.35. The first-order valence-electron chi connectivity index (χ1n) is 12.7. The van der Waals surface area contributed by atoms with Crippen LogP contribution in [0.4, 0.5) is 13.2 Å². The lowest BCUT2D eigenvalue weighted by atomic mass is 9.96. The van der Waals surface area contributed by atoms with Crippen LogP contribution < -0.4 is 15.0 Å². The normalized spacial score (nSPS) is 16.3.